The Bertz CT molecular complexity index is 1070. The van der Waals surface area contributed by atoms with Gasteiger partial charge in [-0.25, -0.2) is 4.98 Å². The number of hydrogen-bond acceptors (Lipinski definition) is 5. The average molecular weight is 401 g/mol. The minimum atomic E-state index is -0.274. The molecule has 7 nitrogen and oxygen atoms in total. The lowest BCUT2D eigenvalue weighted by atomic mass is 10.2. The molecule has 0 aliphatic rings. The standard InChI is InChI=1S/C20H21ClN4O3/c1-12(19-23-15-7-5-4-6-14(15)20(27)24-19)25(2)11-18(26)22-16-10-13(21)8-9-17(16)28-3/h4-10,12H,11H2,1-3H3,(H,22,26)(H,23,24,27). The summed E-state index contributed by atoms with van der Waals surface area (Å²) in [5, 5.41) is 3.83. The van der Waals surface area contributed by atoms with Gasteiger partial charge in [0.15, 0.2) is 0 Å². The van der Waals surface area contributed by atoms with E-state index in [4.69, 9.17) is 16.3 Å². The Balaban J connectivity index is 1.74. The Morgan fingerprint density at radius 1 is 1.32 bits per heavy atom. The van der Waals surface area contributed by atoms with E-state index in [0.29, 0.717) is 33.2 Å². The molecule has 0 aliphatic heterocycles. The van der Waals surface area contributed by atoms with Crippen molar-refractivity contribution in [1.29, 1.82) is 0 Å². The number of amides is 1. The fourth-order valence-corrected chi connectivity index (χ4v) is 3.01. The van der Waals surface area contributed by atoms with E-state index in [1.54, 1.807) is 48.3 Å². The van der Waals surface area contributed by atoms with Crippen LogP contribution in [0.1, 0.15) is 18.8 Å². The number of aromatic nitrogens is 2. The van der Waals surface area contributed by atoms with Gasteiger partial charge in [0.2, 0.25) is 5.91 Å². The molecule has 0 saturated heterocycles. The third kappa shape index (κ3) is 4.32. The highest BCUT2D eigenvalue weighted by atomic mass is 35.5. The SMILES string of the molecule is COc1ccc(Cl)cc1NC(=O)CN(C)C(C)c1nc2ccccc2c(=O)[nH]1. The van der Waals surface area contributed by atoms with Crippen molar-refractivity contribution >= 4 is 34.1 Å². The first-order chi connectivity index (χ1) is 13.4. The smallest absolute Gasteiger partial charge is 0.258 e. The molecule has 3 aromatic rings. The number of hydrogen-bond donors (Lipinski definition) is 2. The van der Waals surface area contributed by atoms with Crippen LogP contribution in [0.3, 0.4) is 0 Å². The number of carbonyl (C=O) groups excluding carboxylic acids is 1. The van der Waals surface area contributed by atoms with Crippen LogP contribution in [0.5, 0.6) is 5.75 Å². The average Bonchev–Trinajstić information content (AvgIpc) is 2.67. The van der Waals surface area contributed by atoms with Crippen LogP contribution in [0.4, 0.5) is 5.69 Å². The molecular formula is C20H21ClN4O3. The number of nitrogens with zero attached hydrogens (tertiary/aromatic N) is 2. The molecule has 1 atom stereocenters. The van der Waals surface area contributed by atoms with Crippen molar-refractivity contribution < 1.29 is 9.53 Å². The molecule has 1 unspecified atom stereocenters. The first-order valence-electron chi connectivity index (χ1n) is 8.71. The Morgan fingerprint density at radius 2 is 2.07 bits per heavy atom. The predicted molar refractivity (Wildman–Crippen MR) is 110 cm³/mol. The van der Waals surface area contributed by atoms with Gasteiger partial charge in [-0.15, -0.1) is 0 Å². The summed E-state index contributed by atoms with van der Waals surface area (Å²) in [6.45, 7) is 1.97. The quantitative estimate of drug-likeness (QED) is 0.663. The number of likely N-dealkylation sites (N-methyl/N-ethyl adjacent to an activating group) is 1. The summed E-state index contributed by atoms with van der Waals surface area (Å²) < 4.78 is 5.24. The van der Waals surface area contributed by atoms with Gasteiger partial charge in [-0.1, -0.05) is 23.7 Å². The number of methoxy groups -OCH3 is 1. The zero-order chi connectivity index (χ0) is 20.3. The fraction of sp³-hybridized carbons (Fsp3) is 0.250. The van der Waals surface area contributed by atoms with Crippen LogP contribution in [0.15, 0.2) is 47.3 Å². The van der Waals surface area contributed by atoms with E-state index in [2.05, 4.69) is 15.3 Å². The molecule has 0 spiro atoms. The fourth-order valence-electron chi connectivity index (χ4n) is 2.84. The lowest BCUT2D eigenvalue weighted by Gasteiger charge is -2.23. The topological polar surface area (TPSA) is 87.3 Å². The Kier molecular flexibility index (Phi) is 5.96. The molecule has 0 saturated carbocycles. The molecule has 28 heavy (non-hydrogen) atoms. The van der Waals surface area contributed by atoms with E-state index in [0.717, 1.165) is 0 Å². The summed E-state index contributed by atoms with van der Waals surface area (Å²) in [7, 11) is 3.31. The highest BCUT2D eigenvalue weighted by Crippen LogP contribution is 2.27. The van der Waals surface area contributed by atoms with Crippen molar-refractivity contribution in [2.24, 2.45) is 0 Å². The molecule has 1 aromatic heterocycles. The van der Waals surface area contributed by atoms with Gasteiger partial charge < -0.3 is 15.0 Å². The number of para-hydroxylation sites is 1. The number of anilines is 1. The first-order valence-corrected chi connectivity index (χ1v) is 9.09. The van der Waals surface area contributed by atoms with Crippen molar-refractivity contribution in [2.75, 3.05) is 26.0 Å². The number of fused-ring (bicyclic) bond motifs is 1. The zero-order valence-electron chi connectivity index (χ0n) is 15.8. The number of H-pyrrole nitrogens is 1. The normalized spacial score (nSPS) is 12.2. The second-order valence-electron chi connectivity index (χ2n) is 6.45. The van der Waals surface area contributed by atoms with Gasteiger partial charge in [0.05, 0.1) is 36.3 Å². The summed E-state index contributed by atoms with van der Waals surface area (Å²) in [4.78, 5) is 33.9. The number of rotatable bonds is 6. The minimum Gasteiger partial charge on any atom is -0.495 e. The van der Waals surface area contributed by atoms with Crippen LogP contribution in [-0.4, -0.2) is 41.5 Å². The van der Waals surface area contributed by atoms with Crippen molar-refractivity contribution in [2.45, 2.75) is 13.0 Å². The van der Waals surface area contributed by atoms with Crippen LogP contribution in [0.25, 0.3) is 10.9 Å². The van der Waals surface area contributed by atoms with E-state index in [9.17, 15) is 9.59 Å². The third-order valence-electron chi connectivity index (χ3n) is 4.52. The molecule has 0 bridgehead atoms. The molecule has 1 heterocycles. The Hall–Kier alpha value is -2.90. The van der Waals surface area contributed by atoms with Crippen LogP contribution < -0.4 is 15.6 Å². The van der Waals surface area contributed by atoms with Gasteiger partial charge in [-0.2, -0.15) is 0 Å². The summed E-state index contributed by atoms with van der Waals surface area (Å²) >= 11 is 6.00. The van der Waals surface area contributed by atoms with E-state index in [-0.39, 0.29) is 24.1 Å². The van der Waals surface area contributed by atoms with Gasteiger partial charge in [-0.3, -0.25) is 14.5 Å². The summed E-state index contributed by atoms with van der Waals surface area (Å²) in [6.07, 6.45) is 0. The van der Waals surface area contributed by atoms with Crippen molar-refractivity contribution in [1.82, 2.24) is 14.9 Å². The van der Waals surface area contributed by atoms with Crippen molar-refractivity contribution in [3.63, 3.8) is 0 Å². The molecule has 0 fully saturated rings. The van der Waals surface area contributed by atoms with Gasteiger partial charge in [0, 0.05) is 5.02 Å². The van der Waals surface area contributed by atoms with Gasteiger partial charge in [-0.05, 0) is 44.3 Å². The highest BCUT2D eigenvalue weighted by Gasteiger charge is 2.19. The summed E-state index contributed by atoms with van der Waals surface area (Å²) in [5.74, 6) is 0.784. The van der Waals surface area contributed by atoms with Crippen molar-refractivity contribution in [3.05, 3.63) is 63.7 Å². The maximum Gasteiger partial charge on any atom is 0.258 e. The lowest BCUT2D eigenvalue weighted by Crippen LogP contribution is -2.33. The van der Waals surface area contributed by atoms with E-state index in [1.165, 1.54) is 7.11 Å². The number of aromatic amines is 1. The van der Waals surface area contributed by atoms with Crippen LogP contribution in [0.2, 0.25) is 5.02 Å². The molecule has 1 amide bonds. The number of halogens is 1. The van der Waals surface area contributed by atoms with E-state index < -0.39 is 0 Å². The number of carbonyl (C=O) groups is 1. The zero-order valence-corrected chi connectivity index (χ0v) is 16.6. The number of ether oxygens (including phenoxy) is 1. The van der Waals surface area contributed by atoms with Crippen LogP contribution in [0, 0.1) is 0 Å². The minimum absolute atomic E-state index is 0.0906. The number of nitrogens with one attached hydrogen (secondary N) is 2. The molecule has 0 aliphatic carbocycles. The van der Waals surface area contributed by atoms with E-state index >= 15 is 0 Å². The molecular weight excluding hydrogens is 380 g/mol. The monoisotopic (exact) mass is 400 g/mol. The maximum absolute atomic E-state index is 12.5. The molecule has 3 rings (SSSR count). The highest BCUT2D eigenvalue weighted by molar-refractivity contribution is 6.31. The number of benzene rings is 2. The Morgan fingerprint density at radius 3 is 2.82 bits per heavy atom. The van der Waals surface area contributed by atoms with Crippen molar-refractivity contribution in [3.8, 4) is 5.75 Å². The summed E-state index contributed by atoms with van der Waals surface area (Å²) in [6, 6.07) is 11.9. The molecule has 8 heteroatoms. The van der Waals surface area contributed by atoms with Crippen LogP contribution in [-0.2, 0) is 4.79 Å². The van der Waals surface area contributed by atoms with E-state index in [1.807, 2.05) is 13.0 Å². The molecule has 0 radical (unpaired) electrons. The second-order valence-corrected chi connectivity index (χ2v) is 6.89. The maximum atomic E-state index is 12.5. The van der Waals surface area contributed by atoms with Gasteiger partial charge in [0.25, 0.3) is 5.56 Å². The van der Waals surface area contributed by atoms with Crippen LogP contribution >= 0.6 is 11.6 Å². The molecule has 2 N–H and O–H groups in total. The first kappa shape index (κ1) is 19.9. The largest absolute Gasteiger partial charge is 0.495 e. The predicted octanol–water partition coefficient (Wildman–Crippen LogP) is 3.22. The van der Waals surface area contributed by atoms with Gasteiger partial charge in [0.1, 0.15) is 11.6 Å². The summed E-state index contributed by atoms with van der Waals surface area (Å²) in [5.41, 5.74) is 0.918. The Labute approximate surface area is 167 Å². The third-order valence-corrected chi connectivity index (χ3v) is 4.75. The van der Waals surface area contributed by atoms with Gasteiger partial charge >= 0.3 is 0 Å². The lowest BCUT2D eigenvalue weighted by molar-refractivity contribution is -0.117. The second kappa shape index (κ2) is 8.41. The molecule has 146 valence electrons. The molecule has 2 aromatic carbocycles.